The average molecular weight is 453 g/mol. The van der Waals surface area contributed by atoms with Gasteiger partial charge in [-0.1, -0.05) is 11.6 Å². The number of nitrogens with one attached hydrogen (secondary N) is 1. The zero-order chi connectivity index (χ0) is 15.0. The summed E-state index contributed by atoms with van der Waals surface area (Å²) in [6.45, 7) is 0.719. The van der Waals surface area contributed by atoms with E-state index in [1.807, 2.05) is 12.1 Å². The molecule has 2 heterocycles. The fraction of sp³-hybridized carbons (Fsp3) is 0.286. The second kappa shape index (κ2) is 6.56. The zero-order valence-corrected chi connectivity index (χ0v) is 15.7. The molecular weight excluding hydrogens is 439 g/mol. The van der Waals surface area contributed by atoms with Gasteiger partial charge in [0.05, 0.1) is 20.2 Å². The molecule has 0 amide bonds. The van der Waals surface area contributed by atoms with Gasteiger partial charge in [0.25, 0.3) is 0 Å². The summed E-state index contributed by atoms with van der Waals surface area (Å²) in [5.74, 6) is 6.72. The van der Waals surface area contributed by atoms with E-state index >= 15 is 0 Å². The summed E-state index contributed by atoms with van der Waals surface area (Å²) in [7, 11) is 0. The van der Waals surface area contributed by atoms with E-state index in [1.165, 1.54) is 5.56 Å². The number of ether oxygens (including phenoxy) is 1. The zero-order valence-electron chi connectivity index (χ0n) is 11.0. The van der Waals surface area contributed by atoms with Crippen LogP contribution in [0.2, 0.25) is 5.02 Å². The van der Waals surface area contributed by atoms with Crippen molar-refractivity contribution in [3.05, 3.63) is 47.5 Å². The van der Waals surface area contributed by atoms with Crippen LogP contribution in [0.4, 0.5) is 0 Å². The van der Waals surface area contributed by atoms with Gasteiger partial charge in [-0.05, 0) is 73.2 Å². The topological polar surface area (TPSA) is 47.3 Å². The molecule has 112 valence electrons. The number of benzene rings is 1. The first-order valence-electron chi connectivity index (χ1n) is 6.43. The van der Waals surface area contributed by atoms with E-state index in [-0.39, 0.29) is 6.04 Å². The number of thiophene rings is 1. The Labute approximate surface area is 149 Å². The average Bonchev–Trinajstić information content (AvgIpc) is 3.02. The Kier molecular flexibility index (Phi) is 4.93. The minimum Gasteiger partial charge on any atom is -0.493 e. The summed E-state index contributed by atoms with van der Waals surface area (Å²) in [4.78, 5) is 0. The molecule has 0 fully saturated rings. The molecule has 3 nitrogen and oxygen atoms in total. The van der Waals surface area contributed by atoms with Crippen LogP contribution < -0.4 is 16.0 Å². The summed E-state index contributed by atoms with van der Waals surface area (Å²) in [5.41, 5.74) is 6.28. The molecule has 1 aliphatic heterocycles. The maximum absolute atomic E-state index is 6.21. The molecule has 21 heavy (non-hydrogen) atoms. The summed E-state index contributed by atoms with van der Waals surface area (Å²) in [5, 5.41) is 0.746. The Bertz CT molecular complexity index is 677. The van der Waals surface area contributed by atoms with Crippen LogP contribution in [0.1, 0.15) is 22.7 Å². The highest BCUT2D eigenvalue weighted by molar-refractivity contribution is 9.12. The molecule has 0 bridgehead atoms. The Balaban J connectivity index is 1.93. The van der Waals surface area contributed by atoms with Crippen LogP contribution in [0.3, 0.4) is 0 Å². The Morgan fingerprint density at radius 1 is 1.38 bits per heavy atom. The SMILES string of the molecule is NNC(Cc1cc(Cl)cc2c1OCC2)c1cc(Br)sc1Br. The van der Waals surface area contributed by atoms with Crippen molar-refractivity contribution in [1.29, 1.82) is 0 Å². The van der Waals surface area contributed by atoms with Gasteiger partial charge in [0.15, 0.2) is 0 Å². The fourth-order valence-corrected chi connectivity index (χ4v) is 5.80. The Morgan fingerprint density at radius 2 is 2.19 bits per heavy atom. The second-order valence-corrected chi connectivity index (χ2v) is 9.04. The molecule has 1 unspecified atom stereocenters. The highest BCUT2D eigenvalue weighted by Crippen LogP contribution is 2.39. The molecule has 3 rings (SSSR count). The van der Waals surface area contributed by atoms with Gasteiger partial charge in [-0.2, -0.15) is 0 Å². The molecule has 1 atom stereocenters. The lowest BCUT2D eigenvalue weighted by atomic mass is 9.99. The van der Waals surface area contributed by atoms with Gasteiger partial charge in [0.1, 0.15) is 5.75 Å². The third-order valence-electron chi connectivity index (χ3n) is 3.51. The van der Waals surface area contributed by atoms with Crippen LogP contribution in [0.5, 0.6) is 5.75 Å². The molecule has 0 aliphatic carbocycles. The minimum atomic E-state index is -0.00584. The molecule has 0 spiro atoms. The van der Waals surface area contributed by atoms with Crippen molar-refractivity contribution in [2.45, 2.75) is 18.9 Å². The van der Waals surface area contributed by atoms with Gasteiger partial charge in [-0.3, -0.25) is 11.3 Å². The summed E-state index contributed by atoms with van der Waals surface area (Å²) in [6, 6.07) is 6.01. The van der Waals surface area contributed by atoms with Crippen molar-refractivity contribution in [2.24, 2.45) is 5.84 Å². The lowest BCUT2D eigenvalue weighted by Gasteiger charge is -2.17. The molecule has 2 aromatic rings. The lowest BCUT2D eigenvalue weighted by Crippen LogP contribution is -2.29. The van der Waals surface area contributed by atoms with Gasteiger partial charge in [-0.25, -0.2) is 0 Å². The number of fused-ring (bicyclic) bond motifs is 1. The maximum Gasteiger partial charge on any atom is 0.125 e. The third kappa shape index (κ3) is 3.30. The molecule has 0 radical (unpaired) electrons. The van der Waals surface area contributed by atoms with Crippen molar-refractivity contribution in [3.63, 3.8) is 0 Å². The van der Waals surface area contributed by atoms with E-state index in [2.05, 4.69) is 43.4 Å². The van der Waals surface area contributed by atoms with E-state index in [1.54, 1.807) is 11.3 Å². The first-order valence-corrected chi connectivity index (χ1v) is 9.21. The first kappa shape index (κ1) is 15.8. The molecule has 1 aromatic carbocycles. The minimum absolute atomic E-state index is 0.00584. The highest BCUT2D eigenvalue weighted by atomic mass is 79.9. The number of hydrazine groups is 1. The predicted molar refractivity (Wildman–Crippen MR) is 94.1 cm³/mol. The van der Waals surface area contributed by atoms with Gasteiger partial charge < -0.3 is 4.74 Å². The van der Waals surface area contributed by atoms with Crippen LogP contribution in [0.15, 0.2) is 25.8 Å². The van der Waals surface area contributed by atoms with E-state index in [0.717, 1.165) is 48.9 Å². The molecule has 0 saturated carbocycles. The summed E-state index contributed by atoms with van der Waals surface area (Å²) >= 11 is 14.9. The van der Waals surface area contributed by atoms with Gasteiger partial charge in [0.2, 0.25) is 0 Å². The lowest BCUT2D eigenvalue weighted by molar-refractivity contribution is 0.351. The van der Waals surface area contributed by atoms with Crippen LogP contribution in [0.25, 0.3) is 0 Å². The number of hydrogen-bond acceptors (Lipinski definition) is 4. The van der Waals surface area contributed by atoms with E-state index in [0.29, 0.717) is 0 Å². The number of halogens is 3. The van der Waals surface area contributed by atoms with E-state index < -0.39 is 0 Å². The van der Waals surface area contributed by atoms with Crippen molar-refractivity contribution >= 4 is 54.8 Å². The number of nitrogens with two attached hydrogens (primary N) is 1. The van der Waals surface area contributed by atoms with Gasteiger partial charge in [-0.15, -0.1) is 11.3 Å². The van der Waals surface area contributed by atoms with Gasteiger partial charge >= 0.3 is 0 Å². The van der Waals surface area contributed by atoms with Crippen LogP contribution in [-0.4, -0.2) is 6.61 Å². The Hall–Kier alpha value is -0.110. The number of hydrogen-bond donors (Lipinski definition) is 2. The molecule has 3 N–H and O–H groups in total. The van der Waals surface area contributed by atoms with Crippen molar-refractivity contribution < 1.29 is 4.74 Å². The van der Waals surface area contributed by atoms with Crippen molar-refractivity contribution in [1.82, 2.24) is 5.43 Å². The fourth-order valence-electron chi connectivity index (χ4n) is 2.57. The van der Waals surface area contributed by atoms with Gasteiger partial charge in [0, 0.05) is 11.4 Å². The quantitative estimate of drug-likeness (QED) is 0.526. The van der Waals surface area contributed by atoms with Crippen molar-refractivity contribution in [3.8, 4) is 5.75 Å². The summed E-state index contributed by atoms with van der Waals surface area (Å²) < 4.78 is 7.89. The number of rotatable bonds is 4. The Morgan fingerprint density at radius 3 is 2.86 bits per heavy atom. The van der Waals surface area contributed by atoms with E-state index in [4.69, 9.17) is 22.2 Å². The molecular formula is C14H13Br2ClN2OS. The third-order valence-corrected chi connectivity index (χ3v) is 6.11. The predicted octanol–water partition coefficient (Wildman–Crippen LogP) is 4.61. The molecule has 1 aliphatic rings. The summed E-state index contributed by atoms with van der Waals surface area (Å²) in [6.07, 6.45) is 1.64. The normalized spacial score (nSPS) is 14.9. The first-order chi connectivity index (χ1) is 10.1. The monoisotopic (exact) mass is 450 g/mol. The van der Waals surface area contributed by atoms with Crippen LogP contribution in [-0.2, 0) is 12.8 Å². The molecule has 7 heteroatoms. The van der Waals surface area contributed by atoms with Crippen molar-refractivity contribution in [2.75, 3.05) is 6.61 Å². The largest absolute Gasteiger partial charge is 0.493 e. The standard InChI is InChI=1S/C14H13Br2ClN2OS/c15-12-6-10(14(16)21-12)11(19-18)5-8-4-9(17)3-7-1-2-20-13(7)8/h3-4,6,11,19H,1-2,5,18H2. The highest BCUT2D eigenvalue weighted by Gasteiger charge is 2.22. The maximum atomic E-state index is 6.21. The smallest absolute Gasteiger partial charge is 0.125 e. The second-order valence-electron chi connectivity index (χ2n) is 4.85. The van der Waals surface area contributed by atoms with Crippen LogP contribution >= 0.6 is 54.8 Å². The van der Waals surface area contributed by atoms with Crippen LogP contribution in [0, 0.1) is 0 Å². The van der Waals surface area contributed by atoms with E-state index in [9.17, 15) is 0 Å². The molecule has 1 aromatic heterocycles. The molecule has 0 saturated heterocycles.